The molecule has 0 unspecified atom stereocenters. The standard InChI is InChI=1S/C23H15ClFN5OS/c24-20-12-18(11-8-16(20)13-26)27-21(31)14-32-23-29-28-22(15-6-9-17(25)10-7-15)30(23)19-4-2-1-3-5-19/h1-12H,14H2,(H,27,31). The highest BCUT2D eigenvalue weighted by Gasteiger charge is 2.17. The predicted octanol–water partition coefficient (Wildman–Crippen LogP) is 5.33. The van der Waals surface area contributed by atoms with E-state index in [2.05, 4.69) is 15.5 Å². The summed E-state index contributed by atoms with van der Waals surface area (Å²) in [4.78, 5) is 12.5. The van der Waals surface area contributed by atoms with E-state index < -0.39 is 0 Å². The molecule has 1 aromatic heterocycles. The summed E-state index contributed by atoms with van der Waals surface area (Å²) in [5, 5.41) is 21.0. The minimum atomic E-state index is -0.339. The maximum Gasteiger partial charge on any atom is 0.234 e. The van der Waals surface area contributed by atoms with Crippen molar-refractivity contribution in [3.05, 3.63) is 89.2 Å². The molecule has 4 rings (SSSR count). The Kier molecular flexibility index (Phi) is 6.50. The lowest BCUT2D eigenvalue weighted by molar-refractivity contribution is -0.113. The summed E-state index contributed by atoms with van der Waals surface area (Å²) in [6.07, 6.45) is 0. The number of nitrogens with zero attached hydrogens (tertiary/aromatic N) is 4. The van der Waals surface area contributed by atoms with E-state index in [1.165, 1.54) is 30.0 Å². The molecule has 0 spiro atoms. The third kappa shape index (κ3) is 4.80. The Balaban J connectivity index is 1.56. The molecule has 0 aliphatic heterocycles. The van der Waals surface area contributed by atoms with Gasteiger partial charge in [0.05, 0.1) is 16.3 Å². The van der Waals surface area contributed by atoms with Gasteiger partial charge in [-0.2, -0.15) is 5.26 Å². The van der Waals surface area contributed by atoms with Gasteiger partial charge in [-0.15, -0.1) is 10.2 Å². The van der Waals surface area contributed by atoms with Gasteiger partial charge in [0.2, 0.25) is 5.91 Å². The van der Waals surface area contributed by atoms with Crippen LogP contribution in [0.2, 0.25) is 5.02 Å². The number of nitriles is 1. The molecule has 0 fully saturated rings. The average Bonchev–Trinajstić information content (AvgIpc) is 3.23. The minimum Gasteiger partial charge on any atom is -0.325 e. The molecule has 0 aliphatic carbocycles. The molecule has 1 N–H and O–H groups in total. The number of halogens is 2. The van der Waals surface area contributed by atoms with Gasteiger partial charge in [-0.05, 0) is 54.6 Å². The van der Waals surface area contributed by atoms with Crippen LogP contribution in [0.3, 0.4) is 0 Å². The molecule has 32 heavy (non-hydrogen) atoms. The van der Waals surface area contributed by atoms with Crippen molar-refractivity contribution in [1.29, 1.82) is 5.26 Å². The predicted molar refractivity (Wildman–Crippen MR) is 122 cm³/mol. The number of hydrogen-bond donors (Lipinski definition) is 1. The molecule has 3 aromatic carbocycles. The van der Waals surface area contributed by atoms with Crippen LogP contribution in [0.25, 0.3) is 17.1 Å². The quantitative estimate of drug-likeness (QED) is 0.391. The maximum atomic E-state index is 13.4. The highest BCUT2D eigenvalue weighted by atomic mass is 35.5. The summed E-state index contributed by atoms with van der Waals surface area (Å²) >= 11 is 7.24. The molecule has 9 heteroatoms. The number of thioether (sulfide) groups is 1. The zero-order chi connectivity index (χ0) is 22.5. The van der Waals surface area contributed by atoms with Gasteiger partial charge < -0.3 is 5.32 Å². The van der Waals surface area contributed by atoms with Crippen LogP contribution in [0.5, 0.6) is 0 Å². The third-order valence-electron chi connectivity index (χ3n) is 4.46. The van der Waals surface area contributed by atoms with Crippen molar-refractivity contribution in [3.8, 4) is 23.1 Å². The van der Waals surface area contributed by atoms with Crippen molar-refractivity contribution in [2.24, 2.45) is 0 Å². The molecular formula is C23H15ClFN5OS. The first-order valence-electron chi connectivity index (χ1n) is 9.44. The van der Waals surface area contributed by atoms with Crippen LogP contribution in [0.4, 0.5) is 10.1 Å². The third-order valence-corrected chi connectivity index (χ3v) is 5.70. The van der Waals surface area contributed by atoms with Gasteiger partial charge in [0.15, 0.2) is 11.0 Å². The molecule has 0 radical (unpaired) electrons. The fourth-order valence-electron chi connectivity index (χ4n) is 2.97. The number of carbonyl (C=O) groups excluding carboxylic acids is 1. The van der Waals surface area contributed by atoms with Gasteiger partial charge in [-0.1, -0.05) is 41.6 Å². The SMILES string of the molecule is N#Cc1ccc(NC(=O)CSc2nnc(-c3ccc(F)cc3)n2-c2ccccc2)cc1Cl. The summed E-state index contributed by atoms with van der Waals surface area (Å²) in [6.45, 7) is 0. The number of para-hydroxylation sites is 1. The Morgan fingerprint density at radius 3 is 2.53 bits per heavy atom. The van der Waals surface area contributed by atoms with Gasteiger partial charge in [0.1, 0.15) is 11.9 Å². The van der Waals surface area contributed by atoms with Crippen molar-refractivity contribution in [1.82, 2.24) is 14.8 Å². The number of hydrogen-bond acceptors (Lipinski definition) is 5. The van der Waals surface area contributed by atoms with E-state index in [9.17, 15) is 9.18 Å². The number of nitrogens with one attached hydrogen (secondary N) is 1. The second-order valence-electron chi connectivity index (χ2n) is 6.63. The van der Waals surface area contributed by atoms with Gasteiger partial charge in [0, 0.05) is 16.9 Å². The number of amides is 1. The van der Waals surface area contributed by atoms with Crippen molar-refractivity contribution in [3.63, 3.8) is 0 Å². The van der Waals surface area contributed by atoms with E-state index >= 15 is 0 Å². The van der Waals surface area contributed by atoms with Gasteiger partial charge in [-0.25, -0.2) is 4.39 Å². The van der Waals surface area contributed by atoms with Crippen LogP contribution in [0, 0.1) is 17.1 Å². The fourth-order valence-corrected chi connectivity index (χ4v) is 3.94. The first-order chi connectivity index (χ1) is 15.5. The van der Waals surface area contributed by atoms with Crippen molar-refractivity contribution < 1.29 is 9.18 Å². The fraction of sp³-hybridized carbons (Fsp3) is 0.0435. The van der Waals surface area contributed by atoms with Crippen LogP contribution in [-0.2, 0) is 4.79 Å². The molecular weight excluding hydrogens is 449 g/mol. The summed E-state index contributed by atoms with van der Waals surface area (Å²) in [6, 6.07) is 22.1. The van der Waals surface area contributed by atoms with E-state index in [1.54, 1.807) is 24.3 Å². The summed E-state index contributed by atoms with van der Waals surface area (Å²) in [5.74, 6) is 0.0137. The van der Waals surface area contributed by atoms with Crippen LogP contribution >= 0.6 is 23.4 Å². The largest absolute Gasteiger partial charge is 0.325 e. The first kappa shape index (κ1) is 21.6. The maximum absolute atomic E-state index is 13.4. The summed E-state index contributed by atoms with van der Waals surface area (Å²) < 4.78 is 15.2. The molecule has 0 aliphatic rings. The molecule has 0 atom stereocenters. The van der Waals surface area contributed by atoms with Crippen molar-refractivity contribution in [2.75, 3.05) is 11.1 Å². The number of benzene rings is 3. The van der Waals surface area contributed by atoms with Gasteiger partial charge in [0.25, 0.3) is 0 Å². The van der Waals surface area contributed by atoms with E-state index in [-0.39, 0.29) is 22.5 Å². The average molecular weight is 464 g/mol. The van der Waals surface area contributed by atoms with Crippen LogP contribution in [0.1, 0.15) is 5.56 Å². The van der Waals surface area contributed by atoms with Crippen molar-refractivity contribution in [2.45, 2.75) is 5.16 Å². The topological polar surface area (TPSA) is 83.6 Å². The summed E-state index contributed by atoms with van der Waals surface area (Å²) in [7, 11) is 0. The van der Waals surface area contributed by atoms with Crippen molar-refractivity contribution >= 4 is 35.0 Å². The first-order valence-corrected chi connectivity index (χ1v) is 10.8. The number of anilines is 1. The normalized spacial score (nSPS) is 10.5. The number of rotatable bonds is 6. The van der Waals surface area contributed by atoms with E-state index in [0.717, 1.165) is 5.69 Å². The molecule has 0 saturated heterocycles. The van der Waals surface area contributed by atoms with Crippen LogP contribution in [0.15, 0.2) is 78.0 Å². The molecule has 1 heterocycles. The van der Waals surface area contributed by atoms with Crippen LogP contribution in [-0.4, -0.2) is 26.4 Å². The van der Waals surface area contributed by atoms with Crippen LogP contribution < -0.4 is 5.32 Å². The Labute approximate surface area is 192 Å². The smallest absolute Gasteiger partial charge is 0.234 e. The monoisotopic (exact) mass is 463 g/mol. The van der Waals surface area contributed by atoms with E-state index in [0.29, 0.717) is 27.8 Å². The lowest BCUT2D eigenvalue weighted by Crippen LogP contribution is -2.14. The Morgan fingerprint density at radius 1 is 1.09 bits per heavy atom. The zero-order valence-corrected chi connectivity index (χ0v) is 18.1. The highest BCUT2D eigenvalue weighted by Crippen LogP contribution is 2.28. The molecule has 4 aromatic rings. The molecule has 158 valence electrons. The number of aromatic nitrogens is 3. The lowest BCUT2D eigenvalue weighted by atomic mass is 10.2. The van der Waals surface area contributed by atoms with E-state index in [1.807, 2.05) is 41.0 Å². The Bertz CT molecular complexity index is 1300. The van der Waals surface area contributed by atoms with E-state index in [4.69, 9.17) is 16.9 Å². The highest BCUT2D eigenvalue weighted by molar-refractivity contribution is 7.99. The Hall–Kier alpha value is -3.67. The minimum absolute atomic E-state index is 0.0754. The van der Waals surface area contributed by atoms with Gasteiger partial charge in [-0.3, -0.25) is 9.36 Å². The number of carbonyl (C=O) groups is 1. The zero-order valence-electron chi connectivity index (χ0n) is 16.5. The second-order valence-corrected chi connectivity index (χ2v) is 7.98. The second kappa shape index (κ2) is 9.64. The molecule has 0 saturated carbocycles. The molecule has 1 amide bonds. The Morgan fingerprint density at radius 2 is 1.84 bits per heavy atom. The molecule has 0 bridgehead atoms. The van der Waals surface area contributed by atoms with Gasteiger partial charge >= 0.3 is 0 Å². The summed E-state index contributed by atoms with van der Waals surface area (Å²) in [5.41, 5.74) is 2.35. The molecule has 6 nitrogen and oxygen atoms in total. The lowest BCUT2D eigenvalue weighted by Gasteiger charge is -2.10.